The molecule has 1 aliphatic carbocycles. The van der Waals surface area contributed by atoms with Crippen molar-refractivity contribution in [3.05, 3.63) is 11.1 Å². The molecular weight excluding hydrogens is 316 g/mol. The predicted octanol–water partition coefficient (Wildman–Crippen LogP) is 5.51. The van der Waals surface area contributed by atoms with E-state index in [9.17, 15) is 14.7 Å². The molecule has 1 saturated carbocycles. The third kappa shape index (κ3) is 5.86. The van der Waals surface area contributed by atoms with Crippen LogP contribution in [0, 0.1) is 11.3 Å². The van der Waals surface area contributed by atoms with E-state index in [4.69, 9.17) is 4.74 Å². The number of aliphatic carboxylic acids is 1. The zero-order valence-corrected chi connectivity index (χ0v) is 16.5. The van der Waals surface area contributed by atoms with Crippen molar-refractivity contribution in [2.45, 2.75) is 91.9 Å². The number of rotatable bonds is 11. The summed E-state index contributed by atoms with van der Waals surface area (Å²) in [7, 11) is 0. The van der Waals surface area contributed by atoms with Gasteiger partial charge in [0.1, 0.15) is 0 Å². The molecule has 0 aromatic carbocycles. The van der Waals surface area contributed by atoms with Crippen molar-refractivity contribution in [2.75, 3.05) is 6.61 Å². The molecule has 0 aromatic rings. The van der Waals surface area contributed by atoms with Gasteiger partial charge in [0.25, 0.3) is 0 Å². The van der Waals surface area contributed by atoms with Crippen LogP contribution in [0.2, 0.25) is 0 Å². The molecule has 1 fully saturated rings. The van der Waals surface area contributed by atoms with Gasteiger partial charge in [0.15, 0.2) is 0 Å². The standard InChI is InChI=1S/C21H36O4/c1-5-7-13-21(20(23)24,15-16(3)4)18(17-11-9-10-12-17)19(22)25-14-8-6-2/h16H,5-15H2,1-4H3,(H,23,24). The molecule has 4 heteroatoms. The summed E-state index contributed by atoms with van der Waals surface area (Å²) >= 11 is 0. The van der Waals surface area contributed by atoms with Crippen molar-refractivity contribution in [1.29, 1.82) is 0 Å². The maximum atomic E-state index is 13.0. The third-order valence-electron chi connectivity index (χ3n) is 5.10. The molecule has 144 valence electrons. The van der Waals surface area contributed by atoms with E-state index >= 15 is 0 Å². The van der Waals surface area contributed by atoms with Gasteiger partial charge in [-0.25, -0.2) is 4.79 Å². The van der Waals surface area contributed by atoms with Gasteiger partial charge in [-0.05, 0) is 50.9 Å². The summed E-state index contributed by atoms with van der Waals surface area (Å²) in [5.74, 6) is -1.05. The van der Waals surface area contributed by atoms with Gasteiger partial charge < -0.3 is 9.84 Å². The molecule has 1 aliphatic rings. The minimum atomic E-state index is -1.10. The van der Waals surface area contributed by atoms with Crippen LogP contribution in [0.15, 0.2) is 11.1 Å². The van der Waals surface area contributed by atoms with Crippen LogP contribution in [0.4, 0.5) is 0 Å². The molecule has 0 radical (unpaired) electrons. The van der Waals surface area contributed by atoms with Crippen LogP contribution in [0.3, 0.4) is 0 Å². The molecule has 0 spiro atoms. The maximum Gasteiger partial charge on any atom is 0.335 e. The van der Waals surface area contributed by atoms with E-state index < -0.39 is 11.4 Å². The third-order valence-corrected chi connectivity index (χ3v) is 5.10. The van der Waals surface area contributed by atoms with E-state index in [1.54, 1.807) is 0 Å². The molecule has 1 unspecified atom stereocenters. The van der Waals surface area contributed by atoms with Gasteiger partial charge in [-0.15, -0.1) is 0 Å². The van der Waals surface area contributed by atoms with Crippen molar-refractivity contribution in [3.8, 4) is 0 Å². The van der Waals surface area contributed by atoms with Crippen LogP contribution in [0.1, 0.15) is 91.9 Å². The number of unbranched alkanes of at least 4 members (excludes halogenated alkanes) is 2. The lowest BCUT2D eigenvalue weighted by Gasteiger charge is -2.34. The Morgan fingerprint density at radius 2 is 1.72 bits per heavy atom. The second kappa shape index (κ2) is 10.6. The molecule has 0 bridgehead atoms. The molecule has 0 amide bonds. The monoisotopic (exact) mass is 352 g/mol. The average Bonchev–Trinajstić information content (AvgIpc) is 3.06. The number of esters is 1. The Labute approximate surface area is 153 Å². The number of allylic oxidation sites excluding steroid dienone is 1. The number of carboxylic acid groups (broad SMARTS) is 1. The quantitative estimate of drug-likeness (QED) is 0.303. The summed E-state index contributed by atoms with van der Waals surface area (Å²) in [6, 6.07) is 0. The summed E-state index contributed by atoms with van der Waals surface area (Å²) in [5.41, 5.74) is 0.407. The molecule has 0 saturated heterocycles. The molecule has 1 rings (SSSR count). The fraction of sp³-hybridized carbons (Fsp3) is 0.810. The minimum absolute atomic E-state index is 0.202. The van der Waals surface area contributed by atoms with Crippen LogP contribution in [-0.4, -0.2) is 23.7 Å². The summed E-state index contributed by atoms with van der Waals surface area (Å²) in [6.07, 6.45) is 8.22. The highest BCUT2D eigenvalue weighted by Crippen LogP contribution is 2.45. The van der Waals surface area contributed by atoms with Crippen molar-refractivity contribution in [1.82, 2.24) is 0 Å². The van der Waals surface area contributed by atoms with Gasteiger partial charge in [0, 0.05) is 0 Å². The lowest BCUT2D eigenvalue weighted by Crippen LogP contribution is -2.39. The first-order valence-corrected chi connectivity index (χ1v) is 10.0. The van der Waals surface area contributed by atoms with E-state index in [2.05, 4.69) is 6.92 Å². The van der Waals surface area contributed by atoms with Crippen LogP contribution >= 0.6 is 0 Å². The van der Waals surface area contributed by atoms with Crippen molar-refractivity contribution in [2.24, 2.45) is 11.3 Å². The Bertz CT molecular complexity index is 470. The topological polar surface area (TPSA) is 63.6 Å². The molecular formula is C21H36O4. The first-order valence-electron chi connectivity index (χ1n) is 10.0. The zero-order chi connectivity index (χ0) is 18.9. The average molecular weight is 353 g/mol. The van der Waals surface area contributed by atoms with E-state index in [0.717, 1.165) is 56.9 Å². The van der Waals surface area contributed by atoms with Crippen LogP contribution in [-0.2, 0) is 14.3 Å². The number of ether oxygens (including phenoxy) is 1. The highest BCUT2D eigenvalue weighted by molar-refractivity contribution is 5.98. The Kier molecular flexibility index (Phi) is 9.23. The molecule has 1 N–H and O–H groups in total. The van der Waals surface area contributed by atoms with Gasteiger partial charge in [-0.1, -0.05) is 52.5 Å². The molecule has 1 atom stereocenters. The summed E-state index contributed by atoms with van der Waals surface area (Å²) in [4.78, 5) is 25.4. The largest absolute Gasteiger partial charge is 0.481 e. The van der Waals surface area contributed by atoms with Crippen molar-refractivity contribution in [3.63, 3.8) is 0 Å². The molecule has 25 heavy (non-hydrogen) atoms. The van der Waals surface area contributed by atoms with E-state index in [1.165, 1.54) is 0 Å². The number of carboxylic acids is 1. The lowest BCUT2D eigenvalue weighted by molar-refractivity contribution is -0.153. The lowest BCUT2D eigenvalue weighted by atomic mass is 9.68. The van der Waals surface area contributed by atoms with Gasteiger partial charge in [0.05, 0.1) is 17.6 Å². The maximum absolute atomic E-state index is 13.0. The van der Waals surface area contributed by atoms with Crippen LogP contribution < -0.4 is 0 Å². The first-order chi connectivity index (χ1) is 11.9. The number of hydrogen-bond acceptors (Lipinski definition) is 3. The fourth-order valence-electron chi connectivity index (χ4n) is 3.92. The van der Waals surface area contributed by atoms with E-state index in [1.807, 2.05) is 20.8 Å². The highest BCUT2D eigenvalue weighted by Gasteiger charge is 2.47. The second-order valence-corrected chi connectivity index (χ2v) is 7.76. The van der Waals surface area contributed by atoms with Crippen molar-refractivity contribution >= 4 is 11.9 Å². The van der Waals surface area contributed by atoms with E-state index in [-0.39, 0.29) is 11.9 Å². The molecule has 4 nitrogen and oxygen atoms in total. The number of carbonyl (C=O) groups excluding carboxylic acids is 1. The Morgan fingerprint density at radius 3 is 2.20 bits per heavy atom. The van der Waals surface area contributed by atoms with Gasteiger partial charge >= 0.3 is 11.9 Å². The second-order valence-electron chi connectivity index (χ2n) is 7.76. The Balaban J connectivity index is 3.33. The Hall–Kier alpha value is -1.32. The minimum Gasteiger partial charge on any atom is -0.481 e. The van der Waals surface area contributed by atoms with E-state index in [0.29, 0.717) is 25.0 Å². The van der Waals surface area contributed by atoms with Gasteiger partial charge in [0.2, 0.25) is 0 Å². The smallest absolute Gasteiger partial charge is 0.335 e. The molecule has 0 aromatic heterocycles. The van der Waals surface area contributed by atoms with Crippen LogP contribution in [0.25, 0.3) is 0 Å². The summed E-state index contributed by atoms with van der Waals surface area (Å²) < 4.78 is 5.51. The van der Waals surface area contributed by atoms with Gasteiger partial charge in [-0.2, -0.15) is 0 Å². The summed E-state index contributed by atoms with van der Waals surface area (Å²) in [5, 5.41) is 10.2. The number of carbonyl (C=O) groups is 2. The van der Waals surface area contributed by atoms with Crippen molar-refractivity contribution < 1.29 is 19.4 Å². The number of hydrogen-bond donors (Lipinski definition) is 1. The summed E-state index contributed by atoms with van der Waals surface area (Å²) in [6.45, 7) is 8.54. The first kappa shape index (κ1) is 21.7. The SMILES string of the molecule is CCCCOC(=O)C(=C1CCCC1)C(CCCC)(CC(C)C)C(=O)O. The Morgan fingerprint density at radius 1 is 1.12 bits per heavy atom. The van der Waals surface area contributed by atoms with Gasteiger partial charge in [-0.3, -0.25) is 4.79 Å². The molecule has 0 aliphatic heterocycles. The van der Waals surface area contributed by atoms with Crippen LogP contribution in [0.5, 0.6) is 0 Å². The molecule has 0 heterocycles. The zero-order valence-electron chi connectivity index (χ0n) is 16.5. The predicted molar refractivity (Wildman–Crippen MR) is 100 cm³/mol. The fourth-order valence-corrected chi connectivity index (χ4v) is 3.92. The highest BCUT2D eigenvalue weighted by atomic mass is 16.5. The normalized spacial score (nSPS) is 16.8.